The predicted octanol–water partition coefficient (Wildman–Crippen LogP) is 3.70. The first-order chi connectivity index (χ1) is 15.0. The molecule has 0 unspecified atom stereocenters. The van der Waals surface area contributed by atoms with E-state index in [1.807, 2.05) is 55.5 Å². The van der Waals surface area contributed by atoms with E-state index in [2.05, 4.69) is 25.9 Å². The van der Waals surface area contributed by atoms with Crippen molar-refractivity contribution >= 4 is 51.3 Å². The average molecular weight is 451 g/mol. The number of benzene rings is 2. The summed E-state index contributed by atoms with van der Waals surface area (Å²) in [6.07, 6.45) is 3.13. The van der Waals surface area contributed by atoms with Gasteiger partial charge in [0.15, 0.2) is 10.9 Å². The van der Waals surface area contributed by atoms with Gasteiger partial charge in [-0.3, -0.25) is 10.1 Å². The van der Waals surface area contributed by atoms with E-state index in [-0.39, 0.29) is 11.0 Å². The highest BCUT2D eigenvalue weighted by Crippen LogP contribution is 2.27. The quantitative estimate of drug-likeness (QED) is 0.354. The van der Waals surface area contributed by atoms with Crippen LogP contribution in [0.5, 0.6) is 5.75 Å². The van der Waals surface area contributed by atoms with Crippen LogP contribution in [0.25, 0.3) is 21.6 Å². The van der Waals surface area contributed by atoms with Gasteiger partial charge in [-0.1, -0.05) is 35.6 Å². The lowest BCUT2D eigenvalue weighted by molar-refractivity contribution is -0.115. The molecule has 10 heteroatoms. The van der Waals surface area contributed by atoms with Gasteiger partial charge in [-0.15, -0.1) is 10.2 Å². The second-order valence-electron chi connectivity index (χ2n) is 6.48. The molecular weight excluding hydrogens is 432 g/mol. The van der Waals surface area contributed by atoms with Gasteiger partial charge in [0.2, 0.25) is 10.9 Å². The molecule has 0 saturated carbocycles. The Kier molecular flexibility index (Phi) is 6.01. The smallest absolute Gasteiger partial charge is 0.250 e. The number of methoxy groups -OCH3 is 1. The Morgan fingerprint density at radius 1 is 1.19 bits per heavy atom. The summed E-state index contributed by atoms with van der Waals surface area (Å²) < 4.78 is 6.83. The summed E-state index contributed by atoms with van der Waals surface area (Å²) in [7, 11) is 1.61. The fourth-order valence-corrected chi connectivity index (χ4v) is 3.86. The molecule has 4 rings (SSSR count). The zero-order chi connectivity index (χ0) is 21.8. The molecule has 0 aliphatic carbocycles. The molecule has 0 fully saturated rings. The van der Waals surface area contributed by atoms with Gasteiger partial charge in [0.05, 0.1) is 7.11 Å². The van der Waals surface area contributed by atoms with Crippen molar-refractivity contribution in [2.45, 2.75) is 6.92 Å². The Bertz CT molecular complexity index is 1280. The highest BCUT2D eigenvalue weighted by atomic mass is 32.1. The number of carbonyl (C=O) groups is 1. The van der Waals surface area contributed by atoms with Crippen LogP contribution in [0.3, 0.4) is 0 Å². The van der Waals surface area contributed by atoms with Crippen molar-refractivity contribution in [1.82, 2.24) is 25.1 Å². The van der Waals surface area contributed by atoms with Crippen LogP contribution >= 0.6 is 23.6 Å². The van der Waals surface area contributed by atoms with Crippen LogP contribution in [0.15, 0.2) is 54.6 Å². The maximum absolute atomic E-state index is 12.2. The minimum atomic E-state index is -0.325. The molecule has 8 nitrogen and oxygen atoms in total. The largest absolute Gasteiger partial charge is 0.497 e. The number of hydrogen-bond acceptors (Lipinski definition) is 7. The number of amides is 1. The third kappa shape index (κ3) is 4.93. The molecule has 0 saturated heterocycles. The summed E-state index contributed by atoms with van der Waals surface area (Å²) in [6, 6.07) is 15.0. The summed E-state index contributed by atoms with van der Waals surface area (Å²) in [5.41, 5.74) is 2.53. The standard InChI is InChI=1S/C21H18N6O2S2/c1-13-24-25-21-27(13)26-19(31-21)15-4-3-5-16(12-15)22-20(30)23-18(28)11-8-14-6-9-17(29-2)10-7-14/h3-12H,1-2H3,(H2,22,23,28,30)/b11-8+. The molecule has 1 amide bonds. The molecule has 0 bridgehead atoms. The molecule has 2 aromatic heterocycles. The third-order valence-electron chi connectivity index (χ3n) is 4.29. The number of hydrogen-bond donors (Lipinski definition) is 2. The molecule has 0 aliphatic rings. The van der Waals surface area contributed by atoms with E-state index >= 15 is 0 Å². The monoisotopic (exact) mass is 450 g/mol. The zero-order valence-electron chi connectivity index (χ0n) is 16.7. The second-order valence-corrected chi connectivity index (χ2v) is 7.84. The van der Waals surface area contributed by atoms with Gasteiger partial charge in [-0.2, -0.15) is 9.61 Å². The number of fused-ring (bicyclic) bond motifs is 1. The number of nitrogens with zero attached hydrogens (tertiary/aromatic N) is 4. The Hall–Kier alpha value is -3.63. The molecule has 31 heavy (non-hydrogen) atoms. The number of nitrogens with one attached hydrogen (secondary N) is 2. The zero-order valence-corrected chi connectivity index (χ0v) is 18.3. The van der Waals surface area contributed by atoms with Crippen LogP contribution in [0.4, 0.5) is 5.69 Å². The average Bonchev–Trinajstić information content (AvgIpc) is 3.35. The van der Waals surface area contributed by atoms with E-state index in [4.69, 9.17) is 17.0 Å². The fraction of sp³-hybridized carbons (Fsp3) is 0.0952. The maximum atomic E-state index is 12.2. The van der Waals surface area contributed by atoms with Gasteiger partial charge >= 0.3 is 0 Å². The van der Waals surface area contributed by atoms with Gasteiger partial charge in [0.1, 0.15) is 10.8 Å². The first kappa shape index (κ1) is 20.6. The van der Waals surface area contributed by atoms with Crippen molar-refractivity contribution in [3.63, 3.8) is 0 Å². The van der Waals surface area contributed by atoms with Gasteiger partial charge in [-0.25, -0.2) is 0 Å². The van der Waals surface area contributed by atoms with Crippen LogP contribution in [-0.4, -0.2) is 37.9 Å². The lowest BCUT2D eigenvalue weighted by Gasteiger charge is -2.09. The Labute approximate surface area is 187 Å². The van der Waals surface area contributed by atoms with Gasteiger partial charge < -0.3 is 10.1 Å². The van der Waals surface area contributed by atoms with Crippen LogP contribution < -0.4 is 15.4 Å². The van der Waals surface area contributed by atoms with E-state index in [0.29, 0.717) is 0 Å². The van der Waals surface area contributed by atoms with E-state index < -0.39 is 0 Å². The molecule has 2 aromatic carbocycles. The number of carbonyl (C=O) groups excluding carboxylic acids is 1. The molecule has 0 spiro atoms. The van der Waals surface area contributed by atoms with Gasteiger partial charge in [-0.05, 0) is 55.0 Å². The number of rotatable bonds is 5. The van der Waals surface area contributed by atoms with Crippen molar-refractivity contribution in [3.8, 4) is 16.3 Å². The minimum Gasteiger partial charge on any atom is -0.497 e. The SMILES string of the molecule is COc1ccc(/C=C/C(=O)NC(=S)Nc2cccc(-c3nn4c(C)nnc4s3)c2)cc1. The number of aromatic nitrogens is 4. The summed E-state index contributed by atoms with van der Waals surface area (Å²) in [4.78, 5) is 12.9. The Balaban J connectivity index is 1.38. The summed E-state index contributed by atoms with van der Waals surface area (Å²) in [5.74, 6) is 1.17. The topological polar surface area (TPSA) is 93.4 Å². The fourth-order valence-electron chi connectivity index (χ4n) is 2.76. The Morgan fingerprint density at radius 2 is 2.00 bits per heavy atom. The van der Waals surface area contributed by atoms with Crippen LogP contribution in [0.1, 0.15) is 11.4 Å². The third-order valence-corrected chi connectivity index (χ3v) is 5.45. The van der Waals surface area contributed by atoms with E-state index in [9.17, 15) is 4.79 Å². The molecule has 4 aromatic rings. The predicted molar refractivity (Wildman–Crippen MR) is 125 cm³/mol. The maximum Gasteiger partial charge on any atom is 0.250 e. The molecule has 156 valence electrons. The molecule has 2 heterocycles. The van der Waals surface area contributed by atoms with Gasteiger partial charge in [0.25, 0.3) is 0 Å². The van der Waals surface area contributed by atoms with Crippen molar-refractivity contribution in [1.29, 1.82) is 0 Å². The van der Waals surface area contributed by atoms with Gasteiger partial charge in [0, 0.05) is 17.3 Å². The number of thiocarbonyl (C=S) groups is 1. The summed E-state index contributed by atoms with van der Waals surface area (Å²) >= 11 is 6.71. The molecule has 0 aliphatic heterocycles. The lowest BCUT2D eigenvalue weighted by Crippen LogP contribution is -2.32. The van der Waals surface area contributed by atoms with Crippen molar-refractivity contribution in [2.75, 3.05) is 12.4 Å². The summed E-state index contributed by atoms with van der Waals surface area (Å²) in [6.45, 7) is 1.85. The number of anilines is 1. The number of ether oxygens (including phenoxy) is 1. The molecule has 2 N–H and O–H groups in total. The van der Waals surface area contributed by atoms with E-state index in [1.54, 1.807) is 17.7 Å². The normalized spacial score (nSPS) is 11.0. The highest BCUT2D eigenvalue weighted by Gasteiger charge is 2.11. The Morgan fingerprint density at radius 3 is 2.74 bits per heavy atom. The summed E-state index contributed by atoms with van der Waals surface area (Å²) in [5, 5.41) is 19.3. The van der Waals surface area contributed by atoms with Crippen LogP contribution in [0.2, 0.25) is 0 Å². The highest BCUT2D eigenvalue weighted by molar-refractivity contribution is 7.80. The number of aryl methyl sites for hydroxylation is 1. The van der Waals surface area contributed by atoms with Crippen molar-refractivity contribution in [2.24, 2.45) is 0 Å². The molecule has 0 atom stereocenters. The first-order valence-corrected chi connectivity index (χ1v) is 10.5. The van der Waals surface area contributed by atoms with E-state index in [1.165, 1.54) is 17.4 Å². The minimum absolute atomic E-state index is 0.204. The molecule has 0 radical (unpaired) electrons. The second kappa shape index (κ2) is 9.02. The first-order valence-electron chi connectivity index (χ1n) is 9.25. The van der Waals surface area contributed by atoms with Crippen LogP contribution in [0, 0.1) is 6.92 Å². The lowest BCUT2D eigenvalue weighted by atomic mass is 10.2. The van der Waals surface area contributed by atoms with Crippen molar-refractivity contribution in [3.05, 3.63) is 66.0 Å². The van der Waals surface area contributed by atoms with E-state index in [0.717, 1.165) is 38.4 Å². The molecular formula is C21H18N6O2S2. The van der Waals surface area contributed by atoms with Crippen LogP contribution in [-0.2, 0) is 4.79 Å². The van der Waals surface area contributed by atoms with Crippen molar-refractivity contribution < 1.29 is 9.53 Å².